The predicted octanol–water partition coefficient (Wildman–Crippen LogP) is 2.72. The minimum Gasteiger partial charge on any atom is -0.376 e. The van der Waals surface area contributed by atoms with Crippen LogP contribution in [-0.2, 0) is 4.79 Å². The highest BCUT2D eigenvalue weighted by molar-refractivity contribution is 5.81. The maximum Gasteiger partial charge on any atom is 0.240 e. The summed E-state index contributed by atoms with van der Waals surface area (Å²) in [6.45, 7) is -0.133. The zero-order chi connectivity index (χ0) is 15.3. The maximum atomic E-state index is 13.0. The lowest BCUT2D eigenvalue weighted by molar-refractivity contribution is -0.121. The van der Waals surface area contributed by atoms with Crippen LogP contribution in [0.2, 0.25) is 0 Å². The fourth-order valence-electron chi connectivity index (χ4n) is 2.57. The summed E-state index contributed by atoms with van der Waals surface area (Å²) >= 11 is 0. The van der Waals surface area contributed by atoms with E-state index in [4.69, 9.17) is 0 Å². The molecule has 2 N–H and O–H groups in total. The van der Waals surface area contributed by atoms with Gasteiger partial charge < -0.3 is 10.6 Å². The van der Waals surface area contributed by atoms with Crippen LogP contribution in [0.15, 0.2) is 18.2 Å². The molecule has 0 saturated heterocycles. The maximum absolute atomic E-state index is 13.0. The number of anilines is 1. The first-order chi connectivity index (χ1) is 10.0. The Labute approximate surface area is 122 Å². The number of rotatable bonds is 4. The number of hydrogen-bond acceptors (Lipinski definition) is 3. The Morgan fingerprint density at radius 3 is 2.38 bits per heavy atom. The molecule has 0 spiro atoms. The van der Waals surface area contributed by atoms with Gasteiger partial charge in [0, 0.05) is 11.8 Å². The van der Waals surface area contributed by atoms with Gasteiger partial charge in [-0.15, -0.1) is 0 Å². The zero-order valence-electron chi connectivity index (χ0n) is 11.6. The number of carbonyl (C=O) groups is 1. The fraction of sp³-hybridized carbons (Fsp3) is 0.467. The Balaban J connectivity index is 1.91. The molecule has 1 saturated carbocycles. The molecule has 1 aromatic carbocycles. The largest absolute Gasteiger partial charge is 0.376 e. The van der Waals surface area contributed by atoms with Crippen LogP contribution >= 0.6 is 0 Å². The van der Waals surface area contributed by atoms with Gasteiger partial charge in [-0.1, -0.05) is 19.3 Å². The molecule has 0 aromatic heterocycles. The summed E-state index contributed by atoms with van der Waals surface area (Å²) in [6, 6.07) is 5.16. The number of hydrogen-bond donors (Lipinski definition) is 2. The molecule has 21 heavy (non-hydrogen) atoms. The second-order valence-corrected chi connectivity index (χ2v) is 5.31. The zero-order valence-corrected chi connectivity index (χ0v) is 11.6. The monoisotopic (exact) mass is 293 g/mol. The highest BCUT2D eigenvalue weighted by Gasteiger charge is 2.33. The summed E-state index contributed by atoms with van der Waals surface area (Å²) in [7, 11) is 0. The Hall–Kier alpha value is -2.16. The van der Waals surface area contributed by atoms with E-state index >= 15 is 0 Å². The third kappa shape index (κ3) is 4.15. The Bertz CT molecular complexity index is 542. The summed E-state index contributed by atoms with van der Waals surface area (Å²) in [4.78, 5) is 11.9. The van der Waals surface area contributed by atoms with Gasteiger partial charge in [-0.2, -0.15) is 5.26 Å². The molecule has 0 aliphatic heterocycles. The lowest BCUT2D eigenvalue weighted by Gasteiger charge is -2.31. The number of nitrogens with one attached hydrogen (secondary N) is 2. The highest BCUT2D eigenvalue weighted by atomic mass is 19.1. The molecule has 0 unspecified atom stereocenters. The van der Waals surface area contributed by atoms with Crippen LogP contribution in [0.3, 0.4) is 0 Å². The summed E-state index contributed by atoms with van der Waals surface area (Å²) < 4.78 is 26.0. The molecular weight excluding hydrogens is 276 g/mol. The summed E-state index contributed by atoms with van der Waals surface area (Å²) in [6.07, 6.45) is 4.18. The molecule has 1 aliphatic rings. The molecule has 112 valence electrons. The van der Waals surface area contributed by atoms with Crippen molar-refractivity contribution in [3.63, 3.8) is 0 Å². The van der Waals surface area contributed by atoms with Crippen LogP contribution in [0.1, 0.15) is 32.1 Å². The summed E-state index contributed by atoms with van der Waals surface area (Å²) in [5, 5.41) is 14.7. The molecule has 1 amide bonds. The second kappa shape index (κ2) is 6.53. The van der Waals surface area contributed by atoms with E-state index in [1.807, 2.05) is 0 Å². The molecule has 0 heterocycles. The smallest absolute Gasteiger partial charge is 0.240 e. The van der Waals surface area contributed by atoms with Gasteiger partial charge in [0.1, 0.15) is 17.2 Å². The lowest BCUT2D eigenvalue weighted by atomic mass is 9.83. The number of nitrogens with zero attached hydrogens (tertiary/aromatic N) is 1. The highest BCUT2D eigenvalue weighted by Crippen LogP contribution is 2.27. The SMILES string of the molecule is N#CC1(NC(=O)CNc2cc(F)cc(F)c2)CCCCC1. The average Bonchev–Trinajstić information content (AvgIpc) is 2.45. The van der Waals surface area contributed by atoms with Crippen LogP contribution < -0.4 is 10.6 Å². The van der Waals surface area contributed by atoms with Crippen molar-refractivity contribution in [2.45, 2.75) is 37.6 Å². The number of nitriles is 1. The van der Waals surface area contributed by atoms with Gasteiger partial charge >= 0.3 is 0 Å². The Kier molecular flexibility index (Phi) is 4.73. The molecule has 1 aromatic rings. The van der Waals surface area contributed by atoms with Crippen LogP contribution in [0, 0.1) is 23.0 Å². The van der Waals surface area contributed by atoms with E-state index in [1.54, 1.807) is 0 Å². The normalized spacial score (nSPS) is 16.8. The number of benzene rings is 1. The van der Waals surface area contributed by atoms with Gasteiger partial charge in [0.2, 0.25) is 5.91 Å². The van der Waals surface area contributed by atoms with Gasteiger partial charge in [-0.25, -0.2) is 8.78 Å². The van der Waals surface area contributed by atoms with Crippen molar-refractivity contribution in [1.29, 1.82) is 5.26 Å². The molecule has 0 atom stereocenters. The standard InChI is InChI=1S/C15H17F2N3O/c16-11-6-12(17)8-13(7-11)19-9-14(21)20-15(10-18)4-2-1-3-5-15/h6-8,19H,1-5,9H2,(H,20,21). The van der Waals surface area contributed by atoms with E-state index in [0.29, 0.717) is 12.8 Å². The van der Waals surface area contributed by atoms with Crippen molar-refractivity contribution in [2.24, 2.45) is 0 Å². The molecule has 4 nitrogen and oxygen atoms in total. The van der Waals surface area contributed by atoms with Crippen molar-refractivity contribution in [3.8, 4) is 6.07 Å². The van der Waals surface area contributed by atoms with Crippen molar-refractivity contribution < 1.29 is 13.6 Å². The number of halogens is 2. The quantitative estimate of drug-likeness (QED) is 0.897. The van der Waals surface area contributed by atoms with Gasteiger partial charge in [0.05, 0.1) is 12.6 Å². The van der Waals surface area contributed by atoms with E-state index in [2.05, 4.69) is 16.7 Å². The minimum absolute atomic E-state index is 0.133. The van der Waals surface area contributed by atoms with E-state index < -0.39 is 17.2 Å². The van der Waals surface area contributed by atoms with E-state index in [0.717, 1.165) is 37.5 Å². The first-order valence-corrected chi connectivity index (χ1v) is 6.95. The molecule has 2 rings (SSSR count). The first-order valence-electron chi connectivity index (χ1n) is 6.95. The van der Waals surface area contributed by atoms with Gasteiger partial charge in [-0.05, 0) is 25.0 Å². The third-order valence-corrected chi connectivity index (χ3v) is 3.62. The van der Waals surface area contributed by atoms with Crippen LogP contribution in [0.5, 0.6) is 0 Å². The predicted molar refractivity (Wildman–Crippen MR) is 74.4 cm³/mol. The summed E-state index contributed by atoms with van der Waals surface area (Å²) in [5.41, 5.74) is -0.609. The van der Waals surface area contributed by atoms with Gasteiger partial charge in [-0.3, -0.25) is 4.79 Å². The van der Waals surface area contributed by atoms with E-state index in [1.165, 1.54) is 0 Å². The topological polar surface area (TPSA) is 64.9 Å². The van der Waals surface area contributed by atoms with Crippen LogP contribution in [-0.4, -0.2) is 18.0 Å². The van der Waals surface area contributed by atoms with E-state index in [9.17, 15) is 18.8 Å². The Morgan fingerprint density at radius 1 is 1.19 bits per heavy atom. The van der Waals surface area contributed by atoms with E-state index in [-0.39, 0.29) is 18.1 Å². The van der Waals surface area contributed by atoms with Crippen LogP contribution in [0.4, 0.5) is 14.5 Å². The molecule has 6 heteroatoms. The number of amides is 1. The van der Waals surface area contributed by atoms with Gasteiger partial charge in [0.15, 0.2) is 0 Å². The number of carbonyl (C=O) groups excluding carboxylic acids is 1. The molecule has 1 fully saturated rings. The van der Waals surface area contributed by atoms with Crippen molar-refractivity contribution in [1.82, 2.24) is 5.32 Å². The van der Waals surface area contributed by atoms with Crippen LogP contribution in [0.25, 0.3) is 0 Å². The van der Waals surface area contributed by atoms with Gasteiger partial charge in [0.25, 0.3) is 0 Å². The first kappa shape index (κ1) is 15.2. The second-order valence-electron chi connectivity index (χ2n) is 5.31. The molecule has 0 bridgehead atoms. The molecular formula is C15H17F2N3O. The summed E-state index contributed by atoms with van der Waals surface area (Å²) in [5.74, 6) is -1.78. The van der Waals surface area contributed by atoms with Crippen molar-refractivity contribution in [3.05, 3.63) is 29.8 Å². The average molecular weight is 293 g/mol. The van der Waals surface area contributed by atoms with Crippen molar-refractivity contribution >= 4 is 11.6 Å². The molecule has 0 radical (unpaired) electrons. The minimum atomic E-state index is -0.801. The third-order valence-electron chi connectivity index (χ3n) is 3.62. The fourth-order valence-corrected chi connectivity index (χ4v) is 2.57. The lowest BCUT2D eigenvalue weighted by Crippen LogP contribution is -2.50. The molecule has 1 aliphatic carbocycles. The van der Waals surface area contributed by atoms with Crippen molar-refractivity contribution in [2.75, 3.05) is 11.9 Å². The Morgan fingerprint density at radius 2 is 1.81 bits per heavy atom.